The van der Waals surface area contributed by atoms with Gasteiger partial charge in [0.15, 0.2) is 11.5 Å². The molecule has 0 aliphatic carbocycles. The van der Waals surface area contributed by atoms with Crippen LogP contribution in [0.3, 0.4) is 0 Å². The standard InChI is InChI=1S/C22H28N2O6/c1-28-17-10-14(11-18(29-2)21(17)26)15(12-19(25)30-3)20-16(23-24-22(20)27)9-13-7-5-4-6-8-13/h4-8,10-11,15-16,20,22-24,26-27H,9,12H2,1-3H3. The third-order valence-electron chi connectivity index (χ3n) is 5.55. The third-order valence-corrected chi connectivity index (χ3v) is 5.55. The van der Waals surface area contributed by atoms with Crippen LogP contribution in [0.4, 0.5) is 0 Å². The Kier molecular flexibility index (Phi) is 7.15. The first kappa shape index (κ1) is 21.9. The van der Waals surface area contributed by atoms with E-state index < -0.39 is 18.1 Å². The molecule has 1 saturated heterocycles. The maximum Gasteiger partial charge on any atom is 0.306 e. The van der Waals surface area contributed by atoms with Crippen molar-refractivity contribution in [1.29, 1.82) is 0 Å². The lowest BCUT2D eigenvalue weighted by Crippen LogP contribution is -2.36. The zero-order valence-electron chi connectivity index (χ0n) is 17.3. The van der Waals surface area contributed by atoms with Crippen molar-refractivity contribution in [3.8, 4) is 17.2 Å². The number of hydrazine groups is 1. The zero-order valence-corrected chi connectivity index (χ0v) is 17.3. The average molecular weight is 416 g/mol. The Hall–Kier alpha value is -2.81. The second-order valence-electron chi connectivity index (χ2n) is 7.27. The van der Waals surface area contributed by atoms with Crippen LogP contribution in [0.2, 0.25) is 0 Å². The Morgan fingerprint density at radius 2 is 1.70 bits per heavy atom. The van der Waals surface area contributed by atoms with Crippen molar-refractivity contribution in [1.82, 2.24) is 10.9 Å². The van der Waals surface area contributed by atoms with E-state index in [1.54, 1.807) is 12.1 Å². The molecule has 162 valence electrons. The molecule has 0 spiro atoms. The van der Waals surface area contributed by atoms with Crippen LogP contribution in [0, 0.1) is 5.92 Å². The molecule has 2 aromatic rings. The Balaban J connectivity index is 2.00. The van der Waals surface area contributed by atoms with Gasteiger partial charge in [0, 0.05) is 17.9 Å². The van der Waals surface area contributed by atoms with Crippen LogP contribution in [0.25, 0.3) is 0 Å². The van der Waals surface area contributed by atoms with E-state index in [0.29, 0.717) is 12.0 Å². The summed E-state index contributed by atoms with van der Waals surface area (Å²) in [6.45, 7) is 0. The summed E-state index contributed by atoms with van der Waals surface area (Å²) in [6.07, 6.45) is -0.192. The van der Waals surface area contributed by atoms with Gasteiger partial charge in [-0.3, -0.25) is 10.2 Å². The molecule has 8 nitrogen and oxygen atoms in total. The highest BCUT2D eigenvalue weighted by atomic mass is 16.5. The maximum absolute atomic E-state index is 12.2. The molecule has 1 heterocycles. The number of nitrogens with one attached hydrogen (secondary N) is 2. The highest BCUT2D eigenvalue weighted by Gasteiger charge is 2.42. The number of hydrogen-bond donors (Lipinski definition) is 4. The van der Waals surface area contributed by atoms with Crippen LogP contribution in [-0.4, -0.2) is 49.8 Å². The molecule has 4 atom stereocenters. The van der Waals surface area contributed by atoms with Crippen LogP contribution in [-0.2, 0) is 16.0 Å². The molecule has 8 heteroatoms. The van der Waals surface area contributed by atoms with Gasteiger partial charge in [-0.05, 0) is 29.7 Å². The summed E-state index contributed by atoms with van der Waals surface area (Å²) in [4.78, 5) is 12.2. The van der Waals surface area contributed by atoms with Crippen molar-refractivity contribution in [2.75, 3.05) is 21.3 Å². The summed E-state index contributed by atoms with van der Waals surface area (Å²) in [7, 11) is 4.22. The predicted octanol–water partition coefficient (Wildman–Crippen LogP) is 1.71. The van der Waals surface area contributed by atoms with Gasteiger partial charge in [-0.25, -0.2) is 5.43 Å². The highest BCUT2D eigenvalue weighted by molar-refractivity contribution is 5.71. The van der Waals surface area contributed by atoms with E-state index >= 15 is 0 Å². The number of methoxy groups -OCH3 is 3. The van der Waals surface area contributed by atoms with E-state index in [4.69, 9.17) is 14.2 Å². The Bertz CT molecular complexity index is 835. The van der Waals surface area contributed by atoms with Crippen LogP contribution >= 0.6 is 0 Å². The number of phenols is 1. The van der Waals surface area contributed by atoms with Gasteiger partial charge in [0.2, 0.25) is 5.75 Å². The molecule has 4 unspecified atom stereocenters. The van der Waals surface area contributed by atoms with Gasteiger partial charge in [-0.1, -0.05) is 30.3 Å². The molecule has 1 fully saturated rings. The molecule has 0 saturated carbocycles. The SMILES string of the molecule is COC(=O)CC(c1cc(OC)c(O)c(OC)c1)C1C(O)NNC1Cc1ccccc1. The van der Waals surface area contributed by atoms with E-state index in [9.17, 15) is 15.0 Å². The van der Waals surface area contributed by atoms with Gasteiger partial charge in [-0.15, -0.1) is 0 Å². The number of carbonyl (C=O) groups excluding carboxylic acids is 1. The number of benzene rings is 2. The lowest BCUT2D eigenvalue weighted by molar-refractivity contribution is -0.141. The topological polar surface area (TPSA) is 109 Å². The Morgan fingerprint density at radius 3 is 2.27 bits per heavy atom. The molecule has 2 aromatic carbocycles. The maximum atomic E-state index is 12.2. The zero-order chi connectivity index (χ0) is 21.7. The molecule has 1 aliphatic rings. The number of aliphatic hydroxyl groups excluding tert-OH is 1. The fourth-order valence-electron chi connectivity index (χ4n) is 4.03. The molecular formula is C22H28N2O6. The van der Waals surface area contributed by atoms with Crippen molar-refractivity contribution < 1.29 is 29.2 Å². The van der Waals surface area contributed by atoms with E-state index in [1.807, 2.05) is 30.3 Å². The monoisotopic (exact) mass is 416 g/mol. The first-order valence-corrected chi connectivity index (χ1v) is 9.73. The molecule has 3 rings (SSSR count). The van der Waals surface area contributed by atoms with E-state index in [2.05, 4.69) is 10.9 Å². The van der Waals surface area contributed by atoms with Crippen LogP contribution < -0.4 is 20.3 Å². The van der Waals surface area contributed by atoms with Crippen molar-refractivity contribution >= 4 is 5.97 Å². The van der Waals surface area contributed by atoms with Crippen LogP contribution in [0.15, 0.2) is 42.5 Å². The van der Waals surface area contributed by atoms with Crippen LogP contribution in [0.1, 0.15) is 23.5 Å². The first-order chi connectivity index (χ1) is 14.5. The minimum absolute atomic E-state index is 0.0456. The average Bonchev–Trinajstić information content (AvgIpc) is 3.12. The van der Waals surface area contributed by atoms with Crippen LogP contribution in [0.5, 0.6) is 17.2 Å². The number of carbonyl (C=O) groups is 1. The number of esters is 1. The third kappa shape index (κ3) is 4.67. The van der Waals surface area contributed by atoms with Crippen molar-refractivity contribution in [2.24, 2.45) is 5.92 Å². The van der Waals surface area contributed by atoms with Gasteiger partial charge in [-0.2, -0.15) is 0 Å². The number of rotatable bonds is 8. The molecule has 0 bridgehead atoms. The number of aromatic hydroxyl groups is 1. The van der Waals surface area contributed by atoms with Crippen molar-refractivity contribution in [3.63, 3.8) is 0 Å². The van der Waals surface area contributed by atoms with Crippen molar-refractivity contribution in [2.45, 2.75) is 31.0 Å². The number of aliphatic hydroxyl groups is 1. The summed E-state index contributed by atoms with van der Waals surface area (Å²) in [5.41, 5.74) is 7.84. The molecule has 1 aliphatic heterocycles. The van der Waals surface area contributed by atoms with Gasteiger partial charge in [0.25, 0.3) is 0 Å². The second-order valence-corrected chi connectivity index (χ2v) is 7.27. The normalized spacial score (nSPS) is 21.8. The Labute approximate surface area is 175 Å². The molecular weight excluding hydrogens is 388 g/mol. The van der Waals surface area contributed by atoms with Gasteiger partial charge in [0.1, 0.15) is 6.23 Å². The molecule has 4 N–H and O–H groups in total. The first-order valence-electron chi connectivity index (χ1n) is 9.73. The number of phenolic OH excluding ortho intramolecular Hbond substituents is 1. The fraction of sp³-hybridized carbons (Fsp3) is 0.409. The van der Waals surface area contributed by atoms with Gasteiger partial charge < -0.3 is 24.4 Å². The Morgan fingerprint density at radius 1 is 1.07 bits per heavy atom. The fourth-order valence-corrected chi connectivity index (χ4v) is 4.03. The minimum atomic E-state index is -0.890. The molecule has 0 radical (unpaired) electrons. The minimum Gasteiger partial charge on any atom is -0.502 e. The highest BCUT2D eigenvalue weighted by Crippen LogP contribution is 2.43. The largest absolute Gasteiger partial charge is 0.502 e. The van der Waals surface area contributed by atoms with E-state index in [1.165, 1.54) is 21.3 Å². The molecule has 30 heavy (non-hydrogen) atoms. The summed E-state index contributed by atoms with van der Waals surface area (Å²) < 4.78 is 15.5. The lowest BCUT2D eigenvalue weighted by atomic mass is 9.77. The van der Waals surface area contributed by atoms with Gasteiger partial charge >= 0.3 is 5.97 Å². The summed E-state index contributed by atoms with van der Waals surface area (Å²) in [6, 6.07) is 13.1. The van der Waals surface area contributed by atoms with Crippen molar-refractivity contribution in [3.05, 3.63) is 53.6 Å². The number of ether oxygens (including phenoxy) is 3. The predicted molar refractivity (Wildman–Crippen MR) is 110 cm³/mol. The lowest BCUT2D eigenvalue weighted by Gasteiger charge is -2.30. The molecule has 0 aromatic heterocycles. The summed E-state index contributed by atoms with van der Waals surface area (Å²) in [5.74, 6) is -0.844. The number of hydrogen-bond acceptors (Lipinski definition) is 8. The molecule has 0 amide bonds. The van der Waals surface area contributed by atoms with E-state index in [-0.39, 0.29) is 35.6 Å². The summed E-state index contributed by atoms with van der Waals surface area (Å²) in [5, 5.41) is 21.0. The second kappa shape index (κ2) is 9.80. The van der Waals surface area contributed by atoms with Gasteiger partial charge in [0.05, 0.1) is 27.8 Å². The van der Waals surface area contributed by atoms with E-state index in [0.717, 1.165) is 5.56 Å². The summed E-state index contributed by atoms with van der Waals surface area (Å²) >= 11 is 0. The smallest absolute Gasteiger partial charge is 0.306 e. The quantitative estimate of drug-likeness (QED) is 0.482.